The molecule has 0 aliphatic carbocycles. The van der Waals surface area contributed by atoms with Crippen molar-refractivity contribution in [1.82, 2.24) is 9.88 Å². The first-order valence-corrected chi connectivity index (χ1v) is 6.98. The third-order valence-electron chi connectivity index (χ3n) is 3.30. The van der Waals surface area contributed by atoms with Crippen molar-refractivity contribution in [3.63, 3.8) is 0 Å². The SMILES string of the molecule is CCCCNC(=O)Cn1ccc(=O)c2cc(C)ccc21. The molecule has 2 rings (SSSR count). The number of aromatic nitrogens is 1. The van der Waals surface area contributed by atoms with Gasteiger partial charge >= 0.3 is 0 Å². The van der Waals surface area contributed by atoms with Gasteiger partial charge in [0.15, 0.2) is 5.43 Å². The first kappa shape index (κ1) is 14.3. The molecule has 0 unspecified atom stereocenters. The number of unbranched alkanes of at least 4 members (excludes halogenated alkanes) is 1. The molecule has 0 saturated heterocycles. The van der Waals surface area contributed by atoms with E-state index in [2.05, 4.69) is 12.2 Å². The summed E-state index contributed by atoms with van der Waals surface area (Å²) < 4.78 is 1.82. The number of pyridine rings is 1. The van der Waals surface area contributed by atoms with E-state index in [0.29, 0.717) is 11.9 Å². The Morgan fingerprint density at radius 2 is 2.10 bits per heavy atom. The van der Waals surface area contributed by atoms with E-state index in [1.54, 1.807) is 6.20 Å². The number of carbonyl (C=O) groups excluding carboxylic acids is 1. The lowest BCUT2D eigenvalue weighted by Crippen LogP contribution is -2.28. The molecule has 0 spiro atoms. The molecule has 1 amide bonds. The van der Waals surface area contributed by atoms with Crippen LogP contribution in [0, 0.1) is 6.92 Å². The molecule has 106 valence electrons. The smallest absolute Gasteiger partial charge is 0.239 e. The zero-order valence-electron chi connectivity index (χ0n) is 12.0. The molecular weight excluding hydrogens is 252 g/mol. The van der Waals surface area contributed by atoms with Crippen LogP contribution in [0.3, 0.4) is 0 Å². The lowest BCUT2D eigenvalue weighted by molar-refractivity contribution is -0.121. The standard InChI is InChI=1S/C16H20N2O2/c1-3-4-8-17-16(20)11-18-9-7-15(19)13-10-12(2)5-6-14(13)18/h5-7,9-10H,3-4,8,11H2,1-2H3,(H,17,20). The summed E-state index contributed by atoms with van der Waals surface area (Å²) in [5.74, 6) is -0.0241. The third kappa shape index (κ3) is 3.26. The summed E-state index contributed by atoms with van der Waals surface area (Å²) in [5, 5.41) is 3.55. The van der Waals surface area contributed by atoms with E-state index in [4.69, 9.17) is 0 Å². The van der Waals surface area contributed by atoms with Gasteiger partial charge in [0.1, 0.15) is 6.54 Å². The highest BCUT2D eigenvalue weighted by Gasteiger charge is 2.06. The van der Waals surface area contributed by atoms with Gasteiger partial charge in [-0.2, -0.15) is 0 Å². The summed E-state index contributed by atoms with van der Waals surface area (Å²) in [6, 6.07) is 7.23. The molecule has 4 heteroatoms. The van der Waals surface area contributed by atoms with Crippen LogP contribution in [-0.4, -0.2) is 17.0 Å². The van der Waals surface area contributed by atoms with Crippen molar-refractivity contribution in [2.75, 3.05) is 6.54 Å². The Hall–Kier alpha value is -2.10. The normalized spacial score (nSPS) is 10.7. The zero-order chi connectivity index (χ0) is 14.5. The van der Waals surface area contributed by atoms with Gasteiger partial charge in [0.25, 0.3) is 0 Å². The number of nitrogens with zero attached hydrogens (tertiary/aromatic N) is 1. The topological polar surface area (TPSA) is 51.1 Å². The van der Waals surface area contributed by atoms with Crippen LogP contribution in [-0.2, 0) is 11.3 Å². The number of benzene rings is 1. The Kier molecular flexibility index (Phi) is 4.56. The monoisotopic (exact) mass is 272 g/mol. The average Bonchev–Trinajstić information content (AvgIpc) is 2.42. The molecule has 0 radical (unpaired) electrons. The van der Waals surface area contributed by atoms with Gasteiger partial charge in [-0.1, -0.05) is 25.0 Å². The fourth-order valence-electron chi connectivity index (χ4n) is 2.18. The molecule has 0 aliphatic rings. The summed E-state index contributed by atoms with van der Waals surface area (Å²) in [6.45, 7) is 4.98. The van der Waals surface area contributed by atoms with Gasteiger partial charge < -0.3 is 9.88 Å². The van der Waals surface area contributed by atoms with Crippen molar-refractivity contribution < 1.29 is 4.79 Å². The van der Waals surface area contributed by atoms with Gasteiger partial charge in [-0.15, -0.1) is 0 Å². The van der Waals surface area contributed by atoms with Crippen molar-refractivity contribution >= 4 is 16.8 Å². The summed E-state index contributed by atoms with van der Waals surface area (Å²) >= 11 is 0. The second kappa shape index (κ2) is 6.37. The van der Waals surface area contributed by atoms with E-state index in [-0.39, 0.29) is 17.9 Å². The molecule has 1 heterocycles. The Labute approximate surface area is 118 Å². The molecule has 20 heavy (non-hydrogen) atoms. The van der Waals surface area contributed by atoms with E-state index in [0.717, 1.165) is 23.9 Å². The Morgan fingerprint density at radius 3 is 2.85 bits per heavy atom. The van der Waals surface area contributed by atoms with Crippen LogP contribution in [0.5, 0.6) is 0 Å². The number of rotatable bonds is 5. The van der Waals surface area contributed by atoms with Gasteiger partial charge in [-0.3, -0.25) is 9.59 Å². The number of hydrogen-bond acceptors (Lipinski definition) is 2. The van der Waals surface area contributed by atoms with Gasteiger partial charge in [0.05, 0.1) is 5.52 Å². The number of amides is 1. The molecular formula is C16H20N2O2. The summed E-state index contributed by atoms with van der Waals surface area (Å²) in [7, 11) is 0. The first-order valence-electron chi connectivity index (χ1n) is 6.98. The predicted molar refractivity (Wildman–Crippen MR) is 80.9 cm³/mol. The third-order valence-corrected chi connectivity index (χ3v) is 3.30. The fourth-order valence-corrected chi connectivity index (χ4v) is 2.18. The summed E-state index contributed by atoms with van der Waals surface area (Å²) in [5.41, 5.74) is 1.83. The number of aryl methyl sites for hydroxylation is 1. The minimum Gasteiger partial charge on any atom is -0.355 e. The van der Waals surface area contributed by atoms with Gasteiger partial charge in [0, 0.05) is 24.2 Å². The van der Waals surface area contributed by atoms with Crippen molar-refractivity contribution in [2.45, 2.75) is 33.2 Å². The molecule has 2 aromatic rings. The van der Waals surface area contributed by atoms with Crippen molar-refractivity contribution in [1.29, 1.82) is 0 Å². The van der Waals surface area contributed by atoms with Gasteiger partial charge in [-0.05, 0) is 25.5 Å². The van der Waals surface area contributed by atoms with Crippen molar-refractivity contribution in [3.05, 3.63) is 46.2 Å². The fraction of sp³-hybridized carbons (Fsp3) is 0.375. The Morgan fingerprint density at radius 1 is 1.30 bits per heavy atom. The number of fused-ring (bicyclic) bond motifs is 1. The molecule has 1 aromatic carbocycles. The lowest BCUT2D eigenvalue weighted by atomic mass is 10.1. The van der Waals surface area contributed by atoms with E-state index in [1.807, 2.05) is 29.7 Å². The van der Waals surface area contributed by atoms with Gasteiger partial charge in [-0.25, -0.2) is 0 Å². The van der Waals surface area contributed by atoms with Crippen molar-refractivity contribution in [2.24, 2.45) is 0 Å². The molecule has 0 atom stereocenters. The van der Waals surface area contributed by atoms with Crippen LogP contribution < -0.4 is 10.7 Å². The van der Waals surface area contributed by atoms with E-state index in [9.17, 15) is 9.59 Å². The molecule has 1 N–H and O–H groups in total. The highest BCUT2D eigenvalue weighted by atomic mass is 16.2. The van der Waals surface area contributed by atoms with Gasteiger partial charge in [0.2, 0.25) is 5.91 Å². The largest absolute Gasteiger partial charge is 0.355 e. The summed E-state index contributed by atoms with van der Waals surface area (Å²) in [4.78, 5) is 23.7. The second-order valence-electron chi connectivity index (χ2n) is 5.03. The average molecular weight is 272 g/mol. The van der Waals surface area contributed by atoms with E-state index < -0.39 is 0 Å². The second-order valence-corrected chi connectivity index (χ2v) is 5.03. The van der Waals surface area contributed by atoms with E-state index >= 15 is 0 Å². The Balaban J connectivity index is 2.25. The first-order chi connectivity index (χ1) is 9.61. The van der Waals surface area contributed by atoms with Crippen LogP contribution in [0.25, 0.3) is 10.9 Å². The number of hydrogen-bond donors (Lipinski definition) is 1. The molecule has 0 saturated carbocycles. The highest BCUT2D eigenvalue weighted by molar-refractivity contribution is 5.82. The minimum atomic E-state index is -0.0241. The highest BCUT2D eigenvalue weighted by Crippen LogP contribution is 2.12. The maximum atomic E-state index is 11.9. The van der Waals surface area contributed by atoms with Crippen molar-refractivity contribution in [3.8, 4) is 0 Å². The molecule has 0 aliphatic heterocycles. The maximum absolute atomic E-state index is 11.9. The molecule has 0 fully saturated rings. The molecule has 0 bridgehead atoms. The summed E-state index contributed by atoms with van der Waals surface area (Å²) in [6.07, 6.45) is 3.72. The Bertz CT molecular complexity index is 674. The van der Waals surface area contributed by atoms with Crippen LogP contribution in [0.2, 0.25) is 0 Å². The number of carbonyl (C=O) groups is 1. The minimum absolute atomic E-state index is 0.00802. The van der Waals surface area contributed by atoms with Crippen LogP contribution in [0.15, 0.2) is 35.3 Å². The quantitative estimate of drug-likeness (QED) is 0.849. The zero-order valence-corrected chi connectivity index (χ0v) is 12.0. The van der Waals surface area contributed by atoms with Crippen LogP contribution in [0.4, 0.5) is 0 Å². The predicted octanol–water partition coefficient (Wildman–Crippen LogP) is 2.23. The van der Waals surface area contributed by atoms with Crippen LogP contribution in [0.1, 0.15) is 25.3 Å². The molecule has 4 nitrogen and oxygen atoms in total. The maximum Gasteiger partial charge on any atom is 0.239 e. The number of nitrogens with one attached hydrogen (secondary N) is 1. The van der Waals surface area contributed by atoms with Crippen LogP contribution >= 0.6 is 0 Å². The van der Waals surface area contributed by atoms with E-state index in [1.165, 1.54) is 6.07 Å². The lowest BCUT2D eigenvalue weighted by Gasteiger charge is -2.11. The molecule has 1 aromatic heterocycles.